The zero-order valence-electron chi connectivity index (χ0n) is 13.5. The van der Waals surface area contributed by atoms with Crippen LogP contribution in [-0.2, 0) is 11.2 Å². The van der Waals surface area contributed by atoms with E-state index in [1.54, 1.807) is 6.07 Å². The van der Waals surface area contributed by atoms with Crippen LogP contribution in [0, 0.1) is 16.0 Å². The monoisotopic (exact) mass is 386 g/mol. The number of nitrogens with zero attached hydrogens (tertiary/aromatic N) is 1. The van der Waals surface area contributed by atoms with E-state index >= 15 is 0 Å². The lowest BCUT2D eigenvalue weighted by atomic mass is 9.79. The zero-order chi connectivity index (χ0) is 18.0. The summed E-state index contributed by atoms with van der Waals surface area (Å²) in [5.41, 5.74) is 7.05. The molecule has 3 rings (SSSR count). The molecule has 1 aromatic carbocycles. The largest absolute Gasteiger partial charge is 0.354 e. The highest BCUT2D eigenvalue weighted by Gasteiger charge is 2.46. The second-order valence-corrected chi connectivity index (χ2v) is 7.48. The maximum absolute atomic E-state index is 12.5. The molecule has 7 nitrogen and oxygen atoms in total. The Morgan fingerprint density at radius 1 is 1.24 bits per heavy atom. The summed E-state index contributed by atoms with van der Waals surface area (Å²) < 4.78 is 0. The highest BCUT2D eigenvalue weighted by Crippen LogP contribution is 2.31. The van der Waals surface area contributed by atoms with Gasteiger partial charge in [0.2, 0.25) is 11.9 Å². The van der Waals surface area contributed by atoms with Gasteiger partial charge in [-0.15, -0.1) is 0 Å². The van der Waals surface area contributed by atoms with Gasteiger partial charge in [0.1, 0.15) is 6.04 Å². The predicted molar refractivity (Wildman–Crippen MR) is 95.1 cm³/mol. The van der Waals surface area contributed by atoms with Crippen LogP contribution in [0.3, 0.4) is 0 Å². The Balaban J connectivity index is 1.53. The molecule has 1 saturated heterocycles. The van der Waals surface area contributed by atoms with Gasteiger partial charge in [0, 0.05) is 46.3 Å². The van der Waals surface area contributed by atoms with Crippen molar-refractivity contribution >= 4 is 29.1 Å². The van der Waals surface area contributed by atoms with Crippen LogP contribution in [0.15, 0.2) is 18.2 Å². The number of hydrazine groups is 1. The minimum absolute atomic E-state index is 0.0650. The van der Waals surface area contributed by atoms with E-state index in [-0.39, 0.29) is 22.8 Å². The van der Waals surface area contributed by atoms with Crippen molar-refractivity contribution in [3.63, 3.8) is 0 Å². The van der Waals surface area contributed by atoms with E-state index in [1.165, 1.54) is 0 Å². The Hall–Kier alpha value is -1.41. The summed E-state index contributed by atoms with van der Waals surface area (Å²) >= 11 is 11.9. The molecule has 2 aliphatic rings. The molecule has 2 fully saturated rings. The van der Waals surface area contributed by atoms with Crippen molar-refractivity contribution in [2.75, 3.05) is 6.54 Å². The Bertz CT molecular complexity index is 653. The van der Waals surface area contributed by atoms with Crippen molar-refractivity contribution in [1.82, 2.24) is 16.2 Å². The van der Waals surface area contributed by atoms with Crippen molar-refractivity contribution in [2.24, 2.45) is 5.92 Å². The molecule has 1 heterocycles. The van der Waals surface area contributed by atoms with Gasteiger partial charge < -0.3 is 5.32 Å². The Morgan fingerprint density at radius 2 is 1.96 bits per heavy atom. The smallest absolute Gasteiger partial charge is 0.238 e. The van der Waals surface area contributed by atoms with Crippen LogP contribution < -0.4 is 16.2 Å². The van der Waals surface area contributed by atoms with Crippen LogP contribution in [0.4, 0.5) is 0 Å². The average Bonchev–Trinajstić information content (AvgIpc) is 2.96. The molecule has 1 aliphatic heterocycles. The van der Waals surface area contributed by atoms with E-state index in [0.717, 1.165) is 5.56 Å². The Kier molecular flexibility index (Phi) is 5.78. The van der Waals surface area contributed by atoms with Crippen LogP contribution in [0.2, 0.25) is 10.0 Å². The normalized spacial score (nSPS) is 28.4. The third-order valence-corrected chi connectivity index (χ3v) is 5.38. The van der Waals surface area contributed by atoms with E-state index < -0.39 is 12.1 Å². The predicted octanol–water partition coefficient (Wildman–Crippen LogP) is 1.94. The lowest BCUT2D eigenvalue weighted by Crippen LogP contribution is -2.47. The quantitative estimate of drug-likeness (QED) is 0.530. The highest BCUT2D eigenvalue weighted by atomic mass is 35.5. The second kappa shape index (κ2) is 7.86. The van der Waals surface area contributed by atoms with Gasteiger partial charge in [-0.2, -0.15) is 0 Å². The topological polar surface area (TPSA) is 96.3 Å². The van der Waals surface area contributed by atoms with E-state index in [0.29, 0.717) is 42.3 Å². The molecule has 0 spiro atoms. The molecule has 4 atom stereocenters. The van der Waals surface area contributed by atoms with Gasteiger partial charge >= 0.3 is 0 Å². The molecule has 1 amide bonds. The molecule has 0 radical (unpaired) electrons. The number of fused-ring (bicyclic) bond motifs is 1. The average molecular weight is 387 g/mol. The van der Waals surface area contributed by atoms with E-state index in [2.05, 4.69) is 16.2 Å². The number of carbonyl (C=O) groups excluding carboxylic acids is 1. The first kappa shape index (κ1) is 18.4. The highest BCUT2D eigenvalue weighted by molar-refractivity contribution is 6.34. The first-order valence-electron chi connectivity index (χ1n) is 8.31. The minimum Gasteiger partial charge on any atom is -0.354 e. The number of rotatable bonds is 5. The number of nitro groups is 1. The van der Waals surface area contributed by atoms with Crippen LogP contribution >= 0.6 is 23.2 Å². The van der Waals surface area contributed by atoms with Crippen LogP contribution in [-0.4, -0.2) is 35.5 Å². The van der Waals surface area contributed by atoms with E-state index in [1.807, 2.05) is 12.1 Å². The number of nitrogens with one attached hydrogen (secondary N) is 3. The Labute approximate surface area is 155 Å². The lowest BCUT2D eigenvalue weighted by Gasteiger charge is -2.28. The summed E-state index contributed by atoms with van der Waals surface area (Å²) in [5.74, 6) is -0.207. The molecule has 9 heteroatoms. The molecule has 1 aromatic rings. The molecule has 3 N–H and O–H groups in total. The molecule has 25 heavy (non-hydrogen) atoms. The fourth-order valence-electron chi connectivity index (χ4n) is 3.68. The first-order chi connectivity index (χ1) is 11.9. The maximum Gasteiger partial charge on any atom is 0.238 e. The summed E-state index contributed by atoms with van der Waals surface area (Å²) in [7, 11) is 0. The number of hydrogen-bond acceptors (Lipinski definition) is 5. The summed E-state index contributed by atoms with van der Waals surface area (Å²) in [4.78, 5) is 23.3. The van der Waals surface area contributed by atoms with Gasteiger partial charge in [0.15, 0.2) is 0 Å². The van der Waals surface area contributed by atoms with Crippen LogP contribution in [0.5, 0.6) is 0 Å². The van der Waals surface area contributed by atoms with E-state index in [9.17, 15) is 14.9 Å². The molecule has 0 aromatic heterocycles. The van der Waals surface area contributed by atoms with Gasteiger partial charge in [-0.3, -0.25) is 20.3 Å². The number of halogens is 2. The molecule has 0 bridgehead atoms. The van der Waals surface area contributed by atoms with Crippen LogP contribution in [0.25, 0.3) is 0 Å². The van der Waals surface area contributed by atoms with Crippen molar-refractivity contribution < 1.29 is 9.72 Å². The van der Waals surface area contributed by atoms with Crippen molar-refractivity contribution in [1.29, 1.82) is 0 Å². The van der Waals surface area contributed by atoms with Crippen molar-refractivity contribution in [3.05, 3.63) is 43.9 Å². The molecule has 1 aliphatic carbocycles. The molecular formula is C16H20Cl2N4O3. The van der Waals surface area contributed by atoms with Crippen molar-refractivity contribution in [2.45, 2.75) is 43.8 Å². The van der Waals surface area contributed by atoms with Gasteiger partial charge in [-0.1, -0.05) is 23.2 Å². The fourth-order valence-corrected chi connectivity index (χ4v) is 4.25. The van der Waals surface area contributed by atoms with Gasteiger partial charge in [0.25, 0.3) is 0 Å². The van der Waals surface area contributed by atoms with Crippen LogP contribution in [0.1, 0.15) is 24.8 Å². The van der Waals surface area contributed by atoms with Gasteiger partial charge in [0.05, 0.1) is 0 Å². The van der Waals surface area contributed by atoms with Gasteiger partial charge in [-0.25, -0.2) is 5.43 Å². The third-order valence-electron chi connectivity index (χ3n) is 4.94. The molecule has 136 valence electrons. The fraction of sp³-hybridized carbons (Fsp3) is 0.562. The summed E-state index contributed by atoms with van der Waals surface area (Å²) in [5, 5.41) is 15.1. The molecule has 4 unspecified atom stereocenters. The number of benzene rings is 1. The maximum atomic E-state index is 12.5. The number of amides is 1. The molecule has 1 saturated carbocycles. The Morgan fingerprint density at radius 3 is 2.64 bits per heavy atom. The number of hydrogen-bond donors (Lipinski definition) is 3. The van der Waals surface area contributed by atoms with Gasteiger partial charge in [-0.05, 0) is 36.6 Å². The minimum atomic E-state index is -0.563. The van der Waals surface area contributed by atoms with Crippen molar-refractivity contribution in [3.8, 4) is 0 Å². The molecular weight excluding hydrogens is 367 g/mol. The number of carbonyl (C=O) groups is 1. The SMILES string of the molecule is O=C(NCCc1cc(Cl)cc(Cl)c1)C1NNC2CCC([N+](=O)[O-])CC21. The first-order valence-corrected chi connectivity index (χ1v) is 9.07. The summed E-state index contributed by atoms with van der Waals surface area (Å²) in [6.07, 6.45) is 2.28. The third kappa shape index (κ3) is 4.41. The lowest BCUT2D eigenvalue weighted by molar-refractivity contribution is -0.528. The summed E-state index contributed by atoms with van der Waals surface area (Å²) in [6, 6.07) is 4.39. The summed E-state index contributed by atoms with van der Waals surface area (Å²) in [6.45, 7) is 0.448. The van der Waals surface area contributed by atoms with E-state index in [4.69, 9.17) is 23.2 Å². The zero-order valence-corrected chi connectivity index (χ0v) is 15.0. The second-order valence-electron chi connectivity index (χ2n) is 6.61. The standard InChI is InChI=1S/C16H20Cl2N4O3/c17-10-5-9(6-11(18)7-10)3-4-19-16(23)15-13-8-12(22(24)25)1-2-14(13)20-21-15/h5-7,12-15,20-21H,1-4,8H2,(H,19,23).